The van der Waals surface area contributed by atoms with Crippen molar-refractivity contribution in [3.8, 4) is 0 Å². The number of hydrogen-bond acceptors (Lipinski definition) is 3. The van der Waals surface area contributed by atoms with Gasteiger partial charge in [0, 0.05) is 34.6 Å². The van der Waals surface area contributed by atoms with E-state index in [1.54, 1.807) is 18.2 Å². The van der Waals surface area contributed by atoms with Crippen LogP contribution in [-0.4, -0.2) is 38.7 Å². The van der Waals surface area contributed by atoms with Gasteiger partial charge in [0.15, 0.2) is 0 Å². The van der Waals surface area contributed by atoms with Crippen molar-refractivity contribution in [2.45, 2.75) is 58.0 Å². The van der Waals surface area contributed by atoms with Crippen LogP contribution in [0.15, 0.2) is 42.5 Å². The molecule has 0 fully saturated rings. The van der Waals surface area contributed by atoms with Crippen molar-refractivity contribution in [2.24, 2.45) is 0 Å². The second kappa shape index (κ2) is 11.4. The average Bonchev–Trinajstić information content (AvgIpc) is 3.06. The van der Waals surface area contributed by atoms with Gasteiger partial charge >= 0.3 is 5.97 Å². The normalized spacial score (nSPS) is 15.5. The maximum Gasteiger partial charge on any atom is 0.326 e. The molecular weight excluding hydrogens is 475 g/mol. The molecule has 1 aliphatic rings. The highest BCUT2D eigenvalue weighted by Crippen LogP contribution is 2.36. The molecule has 0 aliphatic heterocycles. The number of rotatable bonds is 6. The van der Waals surface area contributed by atoms with Crippen LogP contribution in [0.4, 0.5) is 4.39 Å². The van der Waals surface area contributed by atoms with E-state index < -0.39 is 18.0 Å². The largest absolute Gasteiger partial charge is 0.481 e. The molecule has 1 aromatic heterocycles. The van der Waals surface area contributed by atoms with Gasteiger partial charge in [-0.2, -0.15) is 0 Å². The third kappa shape index (κ3) is 6.39. The lowest BCUT2D eigenvalue weighted by atomic mass is 9.91. The summed E-state index contributed by atoms with van der Waals surface area (Å²) in [6.45, 7) is 2.92. The van der Waals surface area contributed by atoms with Gasteiger partial charge in [0.1, 0.15) is 11.9 Å². The minimum atomic E-state index is -0.900. The number of aliphatic carboxylic acids is 2. The predicted octanol–water partition coefficient (Wildman–Crippen LogP) is 4.78. The summed E-state index contributed by atoms with van der Waals surface area (Å²) in [6, 6.07) is 10.9. The Balaban J connectivity index is 0.000000795. The van der Waals surface area contributed by atoms with E-state index in [1.807, 2.05) is 23.6 Å². The van der Waals surface area contributed by atoms with Crippen LogP contribution in [0.25, 0.3) is 10.9 Å². The lowest BCUT2D eigenvalue weighted by Gasteiger charge is -2.26. The van der Waals surface area contributed by atoms with Crippen LogP contribution in [-0.2, 0) is 33.6 Å². The molecule has 2 aromatic carbocycles. The fourth-order valence-electron chi connectivity index (χ4n) is 4.62. The lowest BCUT2D eigenvalue weighted by molar-refractivity contribution is -0.141. The summed E-state index contributed by atoms with van der Waals surface area (Å²) in [7, 11) is 0. The summed E-state index contributed by atoms with van der Waals surface area (Å²) < 4.78 is 15.9. The van der Waals surface area contributed by atoms with Crippen molar-refractivity contribution in [1.29, 1.82) is 0 Å². The van der Waals surface area contributed by atoms with Gasteiger partial charge < -0.3 is 20.1 Å². The standard InChI is InChI=1S/C24H24ClFN2O3.C2H4O2/c1-2-20(24(30)31)28-21-8-6-16(26)12-18(21)19-13-17(7-9-22(19)28)27-23(29)11-14-4-3-5-15(25)10-14;1-2(3)4/h3-6,8,10,12,17,20H,2,7,9,11,13H2,1H3,(H,27,29)(H,30,31);1H3,(H,3,4)/t17-,20?;/m1./s1. The van der Waals surface area contributed by atoms with E-state index in [2.05, 4.69) is 5.32 Å². The quantitative estimate of drug-likeness (QED) is 0.449. The van der Waals surface area contributed by atoms with E-state index in [9.17, 15) is 19.1 Å². The number of nitrogens with one attached hydrogen (secondary N) is 1. The highest BCUT2D eigenvalue weighted by Gasteiger charge is 2.30. The van der Waals surface area contributed by atoms with Gasteiger partial charge in [0.05, 0.1) is 6.42 Å². The molecule has 186 valence electrons. The van der Waals surface area contributed by atoms with Gasteiger partial charge in [-0.25, -0.2) is 9.18 Å². The maximum absolute atomic E-state index is 14.0. The fourth-order valence-corrected chi connectivity index (χ4v) is 4.84. The van der Waals surface area contributed by atoms with Crippen molar-refractivity contribution in [1.82, 2.24) is 9.88 Å². The zero-order chi connectivity index (χ0) is 25.7. The molecule has 35 heavy (non-hydrogen) atoms. The van der Waals surface area contributed by atoms with Gasteiger partial charge in [-0.3, -0.25) is 9.59 Å². The number of carbonyl (C=O) groups excluding carboxylic acids is 1. The lowest BCUT2D eigenvalue weighted by Crippen LogP contribution is -2.40. The summed E-state index contributed by atoms with van der Waals surface area (Å²) >= 11 is 6.00. The number of halogens is 2. The van der Waals surface area contributed by atoms with Crippen molar-refractivity contribution in [2.75, 3.05) is 0 Å². The summed E-state index contributed by atoms with van der Waals surface area (Å²) in [4.78, 5) is 33.4. The number of aromatic nitrogens is 1. The van der Waals surface area contributed by atoms with E-state index in [0.29, 0.717) is 30.7 Å². The Labute approximate surface area is 207 Å². The van der Waals surface area contributed by atoms with E-state index >= 15 is 0 Å². The van der Waals surface area contributed by atoms with E-state index in [4.69, 9.17) is 21.5 Å². The van der Waals surface area contributed by atoms with Crippen LogP contribution in [0.5, 0.6) is 0 Å². The number of carboxylic acid groups (broad SMARTS) is 2. The Kier molecular flexibility index (Phi) is 8.51. The van der Waals surface area contributed by atoms with Gasteiger partial charge in [0.2, 0.25) is 5.91 Å². The molecule has 9 heteroatoms. The van der Waals surface area contributed by atoms with Crippen LogP contribution in [0, 0.1) is 5.82 Å². The van der Waals surface area contributed by atoms with Gasteiger partial charge in [-0.1, -0.05) is 30.7 Å². The third-order valence-corrected chi connectivity index (χ3v) is 6.20. The molecule has 7 nitrogen and oxygen atoms in total. The van der Waals surface area contributed by atoms with Gasteiger partial charge in [-0.15, -0.1) is 0 Å². The molecule has 1 heterocycles. The first kappa shape index (κ1) is 26.2. The Morgan fingerprint density at radius 1 is 1.20 bits per heavy atom. The second-order valence-corrected chi connectivity index (χ2v) is 8.99. The molecule has 0 bridgehead atoms. The SMILES string of the molecule is CC(=O)O.CCC(C(=O)O)n1c2c(c3cc(F)ccc31)C[C@H](NC(=O)Cc1cccc(Cl)c1)CC2. The third-order valence-electron chi connectivity index (χ3n) is 5.96. The highest BCUT2D eigenvalue weighted by atomic mass is 35.5. The monoisotopic (exact) mass is 502 g/mol. The Morgan fingerprint density at radius 3 is 2.54 bits per heavy atom. The van der Waals surface area contributed by atoms with Crippen LogP contribution < -0.4 is 5.32 Å². The van der Waals surface area contributed by atoms with E-state index in [0.717, 1.165) is 34.6 Å². The zero-order valence-electron chi connectivity index (χ0n) is 19.6. The summed E-state index contributed by atoms with van der Waals surface area (Å²) in [5.41, 5.74) is 3.42. The Morgan fingerprint density at radius 2 is 1.91 bits per heavy atom. The van der Waals surface area contributed by atoms with Crippen LogP contribution >= 0.6 is 11.6 Å². The topological polar surface area (TPSA) is 109 Å². The molecule has 1 amide bonds. The summed E-state index contributed by atoms with van der Waals surface area (Å²) in [6.07, 6.45) is 2.53. The van der Waals surface area contributed by atoms with Crippen molar-refractivity contribution in [3.63, 3.8) is 0 Å². The van der Waals surface area contributed by atoms with E-state index in [-0.39, 0.29) is 24.2 Å². The number of hydrogen-bond donors (Lipinski definition) is 3. The van der Waals surface area contributed by atoms with Crippen LogP contribution in [0.2, 0.25) is 5.02 Å². The van der Waals surface area contributed by atoms with Crippen LogP contribution in [0.3, 0.4) is 0 Å². The Hall–Kier alpha value is -3.39. The molecule has 0 radical (unpaired) electrons. The van der Waals surface area contributed by atoms with Crippen molar-refractivity contribution >= 4 is 40.3 Å². The zero-order valence-corrected chi connectivity index (χ0v) is 20.3. The molecule has 1 unspecified atom stereocenters. The number of carboxylic acids is 2. The molecule has 3 N–H and O–H groups in total. The fraction of sp³-hybridized carbons (Fsp3) is 0.346. The minimum absolute atomic E-state index is 0.0913. The molecule has 0 saturated heterocycles. The van der Waals surface area contributed by atoms with Crippen molar-refractivity contribution in [3.05, 3.63) is 70.1 Å². The second-order valence-electron chi connectivity index (χ2n) is 8.55. The number of amides is 1. The first-order valence-corrected chi connectivity index (χ1v) is 11.8. The van der Waals surface area contributed by atoms with Crippen molar-refractivity contribution < 1.29 is 29.0 Å². The summed E-state index contributed by atoms with van der Waals surface area (Å²) in [5, 5.41) is 21.5. The highest BCUT2D eigenvalue weighted by molar-refractivity contribution is 6.30. The number of fused-ring (bicyclic) bond motifs is 3. The first-order valence-electron chi connectivity index (χ1n) is 11.4. The minimum Gasteiger partial charge on any atom is -0.481 e. The summed E-state index contributed by atoms with van der Waals surface area (Å²) in [5.74, 6) is -2.19. The van der Waals surface area contributed by atoms with Crippen LogP contribution in [0.1, 0.15) is 49.6 Å². The molecule has 1 aliphatic carbocycles. The molecule has 3 aromatic rings. The number of nitrogens with zero attached hydrogens (tertiary/aromatic N) is 1. The smallest absolute Gasteiger partial charge is 0.326 e. The maximum atomic E-state index is 14.0. The molecule has 4 rings (SSSR count). The molecule has 0 saturated carbocycles. The van der Waals surface area contributed by atoms with Gasteiger partial charge in [-0.05, 0) is 67.1 Å². The average molecular weight is 503 g/mol. The first-order chi connectivity index (χ1) is 16.6. The Bertz CT molecular complexity index is 1250. The predicted molar refractivity (Wildman–Crippen MR) is 131 cm³/mol. The number of carbonyl (C=O) groups is 3. The number of benzene rings is 2. The van der Waals surface area contributed by atoms with E-state index in [1.165, 1.54) is 12.1 Å². The molecule has 2 atom stereocenters. The molecular formula is C26H28ClFN2O5. The molecule has 0 spiro atoms. The van der Waals surface area contributed by atoms with Gasteiger partial charge in [0.25, 0.3) is 5.97 Å².